The van der Waals surface area contributed by atoms with E-state index in [9.17, 15) is 19.1 Å². The van der Waals surface area contributed by atoms with Crippen molar-refractivity contribution >= 4 is 28.2 Å². The van der Waals surface area contributed by atoms with E-state index in [0.29, 0.717) is 22.4 Å². The number of fused-ring (bicyclic) bond motifs is 2. The zero-order valence-corrected chi connectivity index (χ0v) is 17.2. The van der Waals surface area contributed by atoms with Crippen molar-refractivity contribution < 1.29 is 19.1 Å². The highest BCUT2D eigenvalue weighted by Crippen LogP contribution is 2.43. The molecule has 1 heterocycles. The number of rotatable bonds is 5. The van der Waals surface area contributed by atoms with E-state index in [1.54, 1.807) is 54.6 Å². The molecule has 5 heteroatoms. The zero-order valence-electron chi connectivity index (χ0n) is 17.2. The molecule has 4 aromatic rings. The number of anilines is 1. The lowest BCUT2D eigenvalue weighted by atomic mass is 9.88. The minimum Gasteiger partial charge on any atom is -0.375 e. The van der Waals surface area contributed by atoms with Crippen LogP contribution >= 0.6 is 0 Å². The van der Waals surface area contributed by atoms with Gasteiger partial charge in [0.1, 0.15) is 5.82 Å². The van der Waals surface area contributed by atoms with Crippen LogP contribution in [-0.4, -0.2) is 16.8 Å². The molecule has 1 unspecified atom stereocenters. The van der Waals surface area contributed by atoms with E-state index >= 15 is 0 Å². The lowest BCUT2D eigenvalue weighted by Crippen LogP contribution is -2.41. The number of carbonyl (C=O) groups excluding carboxylic acids is 2. The van der Waals surface area contributed by atoms with Crippen LogP contribution in [0.25, 0.3) is 10.8 Å². The molecule has 4 aromatic carbocycles. The summed E-state index contributed by atoms with van der Waals surface area (Å²) in [5, 5.41) is 13.4. The monoisotopic (exact) mass is 425 g/mol. The molecule has 32 heavy (non-hydrogen) atoms. The van der Waals surface area contributed by atoms with E-state index in [2.05, 4.69) is 0 Å². The van der Waals surface area contributed by atoms with Gasteiger partial charge < -0.3 is 10.0 Å². The number of benzene rings is 4. The maximum atomic E-state index is 14.2. The van der Waals surface area contributed by atoms with Crippen molar-refractivity contribution in [1.29, 1.82) is 0 Å². The van der Waals surface area contributed by atoms with Crippen molar-refractivity contribution in [3.8, 4) is 0 Å². The predicted octanol–water partition coefficient (Wildman–Crippen LogP) is 4.99. The second-order valence-corrected chi connectivity index (χ2v) is 8.02. The van der Waals surface area contributed by atoms with E-state index in [1.807, 2.05) is 30.3 Å². The van der Waals surface area contributed by atoms with Gasteiger partial charge in [-0.15, -0.1) is 0 Å². The van der Waals surface area contributed by atoms with Crippen molar-refractivity contribution in [3.05, 3.63) is 114 Å². The Morgan fingerprint density at radius 1 is 0.875 bits per heavy atom. The van der Waals surface area contributed by atoms with Crippen LogP contribution < -0.4 is 4.90 Å². The van der Waals surface area contributed by atoms with Crippen LogP contribution in [0.4, 0.5) is 10.1 Å². The van der Waals surface area contributed by atoms with E-state index in [0.717, 1.165) is 10.8 Å². The fourth-order valence-corrected chi connectivity index (χ4v) is 4.33. The molecule has 5 rings (SSSR count). The molecule has 0 radical (unpaired) electrons. The Bertz CT molecular complexity index is 1370. The molecule has 0 saturated carbocycles. The second-order valence-electron chi connectivity index (χ2n) is 8.02. The molecule has 0 saturated heterocycles. The molecule has 1 aliphatic heterocycles. The minimum absolute atomic E-state index is 0.0327. The Kier molecular flexibility index (Phi) is 4.83. The van der Waals surface area contributed by atoms with Gasteiger partial charge in [0, 0.05) is 16.7 Å². The summed E-state index contributed by atoms with van der Waals surface area (Å²) >= 11 is 0. The predicted molar refractivity (Wildman–Crippen MR) is 121 cm³/mol. The Labute approximate surface area is 184 Å². The fraction of sp³-hybridized carbons (Fsp3) is 0.111. The van der Waals surface area contributed by atoms with Gasteiger partial charge in [0.05, 0.1) is 18.7 Å². The minimum atomic E-state index is -2.01. The first kappa shape index (κ1) is 20.1. The number of ketones is 1. The van der Waals surface area contributed by atoms with Gasteiger partial charge >= 0.3 is 0 Å². The zero-order chi connectivity index (χ0) is 22.3. The Morgan fingerprint density at radius 3 is 2.38 bits per heavy atom. The Morgan fingerprint density at radius 2 is 1.56 bits per heavy atom. The van der Waals surface area contributed by atoms with Crippen molar-refractivity contribution in [3.63, 3.8) is 0 Å². The van der Waals surface area contributed by atoms with E-state index in [-0.39, 0.29) is 12.3 Å². The third-order valence-corrected chi connectivity index (χ3v) is 6.01. The topological polar surface area (TPSA) is 57.6 Å². The molecule has 0 aromatic heterocycles. The fourth-order valence-electron chi connectivity index (χ4n) is 4.33. The van der Waals surface area contributed by atoms with Gasteiger partial charge in [0.15, 0.2) is 11.4 Å². The largest absolute Gasteiger partial charge is 0.375 e. The number of nitrogens with zero attached hydrogens (tertiary/aromatic N) is 1. The van der Waals surface area contributed by atoms with Crippen LogP contribution in [0.15, 0.2) is 91.0 Å². The summed E-state index contributed by atoms with van der Waals surface area (Å²) in [7, 11) is 0. The van der Waals surface area contributed by atoms with Crippen LogP contribution in [-0.2, 0) is 16.9 Å². The van der Waals surface area contributed by atoms with Gasteiger partial charge in [-0.2, -0.15) is 0 Å². The van der Waals surface area contributed by atoms with Gasteiger partial charge in [-0.3, -0.25) is 9.59 Å². The molecule has 1 aliphatic rings. The molecule has 1 amide bonds. The highest BCUT2D eigenvalue weighted by atomic mass is 19.1. The second kappa shape index (κ2) is 7.70. The highest BCUT2D eigenvalue weighted by Gasteiger charge is 2.50. The average molecular weight is 425 g/mol. The van der Waals surface area contributed by atoms with Gasteiger partial charge in [0.25, 0.3) is 5.91 Å². The van der Waals surface area contributed by atoms with E-state index < -0.39 is 23.7 Å². The standard InChI is InChI=1S/C27H20FNO3/c28-23-11-5-3-9-21(23)17-29-24-12-6-4-10-22(24)27(32,26(29)31)16-25(30)20-14-13-18-7-1-2-8-19(18)15-20/h1-15,32H,16-17H2. The van der Waals surface area contributed by atoms with Crippen LogP contribution in [0.2, 0.25) is 0 Å². The molecular weight excluding hydrogens is 405 g/mol. The molecule has 0 bridgehead atoms. The summed E-state index contributed by atoms with van der Waals surface area (Å²) in [5.41, 5.74) is -0.411. The van der Waals surface area contributed by atoms with Gasteiger partial charge in [-0.1, -0.05) is 72.8 Å². The number of para-hydroxylation sites is 1. The number of hydrogen-bond donors (Lipinski definition) is 1. The van der Waals surface area contributed by atoms with Crippen LogP contribution in [0.5, 0.6) is 0 Å². The number of carbonyl (C=O) groups is 2. The lowest BCUT2D eigenvalue weighted by Gasteiger charge is -2.23. The molecule has 0 fully saturated rings. The van der Waals surface area contributed by atoms with E-state index in [1.165, 1.54) is 11.0 Å². The molecule has 0 spiro atoms. The summed E-state index contributed by atoms with van der Waals surface area (Å²) in [6, 6.07) is 26.0. The summed E-state index contributed by atoms with van der Waals surface area (Å²) in [6.07, 6.45) is -0.394. The molecule has 1 N–H and O–H groups in total. The Hall–Kier alpha value is -3.83. The van der Waals surface area contributed by atoms with Crippen molar-refractivity contribution in [2.45, 2.75) is 18.6 Å². The first-order valence-corrected chi connectivity index (χ1v) is 10.4. The average Bonchev–Trinajstić information content (AvgIpc) is 3.02. The molecule has 1 atom stereocenters. The lowest BCUT2D eigenvalue weighted by molar-refractivity contribution is -0.136. The first-order valence-electron chi connectivity index (χ1n) is 10.4. The normalized spacial score (nSPS) is 17.6. The van der Waals surface area contributed by atoms with Gasteiger partial charge in [-0.05, 0) is 29.0 Å². The maximum Gasteiger partial charge on any atom is 0.264 e. The summed E-state index contributed by atoms with van der Waals surface area (Å²) < 4.78 is 14.2. The number of amides is 1. The quantitative estimate of drug-likeness (QED) is 0.459. The molecular formula is C27H20FNO3. The summed E-state index contributed by atoms with van der Waals surface area (Å²) in [5.74, 6) is -1.40. The van der Waals surface area contributed by atoms with Crippen LogP contribution in [0.3, 0.4) is 0 Å². The number of hydrogen-bond acceptors (Lipinski definition) is 3. The highest BCUT2D eigenvalue weighted by molar-refractivity contribution is 6.11. The number of halogens is 1. The smallest absolute Gasteiger partial charge is 0.264 e. The van der Waals surface area contributed by atoms with Crippen molar-refractivity contribution in [2.75, 3.05) is 4.90 Å². The number of Topliss-reactive ketones (excluding diaryl/α,β-unsaturated/α-hetero) is 1. The van der Waals surface area contributed by atoms with Crippen LogP contribution in [0, 0.1) is 5.82 Å². The van der Waals surface area contributed by atoms with Gasteiger partial charge in [0.2, 0.25) is 0 Å². The van der Waals surface area contributed by atoms with Gasteiger partial charge in [-0.25, -0.2) is 4.39 Å². The molecule has 0 aliphatic carbocycles. The van der Waals surface area contributed by atoms with Crippen molar-refractivity contribution in [2.24, 2.45) is 0 Å². The maximum absolute atomic E-state index is 14.2. The summed E-state index contributed by atoms with van der Waals surface area (Å²) in [6.45, 7) is -0.0327. The van der Waals surface area contributed by atoms with E-state index in [4.69, 9.17) is 0 Å². The third kappa shape index (κ3) is 3.27. The SMILES string of the molecule is O=C(CC1(O)C(=O)N(Cc2ccccc2F)c2ccccc21)c1ccc2ccccc2c1. The van der Waals surface area contributed by atoms with Crippen molar-refractivity contribution in [1.82, 2.24) is 0 Å². The number of aliphatic hydroxyl groups is 1. The summed E-state index contributed by atoms with van der Waals surface area (Å²) in [4.78, 5) is 27.9. The molecule has 4 nitrogen and oxygen atoms in total. The van der Waals surface area contributed by atoms with Crippen LogP contribution in [0.1, 0.15) is 27.9 Å². The Balaban J connectivity index is 1.49. The first-order chi connectivity index (χ1) is 15.5. The third-order valence-electron chi connectivity index (χ3n) is 6.01. The molecule has 158 valence electrons.